The van der Waals surface area contributed by atoms with Crippen LogP contribution in [0.15, 0.2) is 42.0 Å². The molecule has 0 N–H and O–H groups in total. The zero-order valence-corrected chi connectivity index (χ0v) is 18.5. The second-order valence-electron chi connectivity index (χ2n) is 8.92. The largest absolute Gasteiger partial charge is 0.485 e. The van der Waals surface area contributed by atoms with E-state index in [9.17, 15) is 0 Å². The highest BCUT2D eigenvalue weighted by atomic mass is 16.6. The molecule has 0 radical (unpaired) electrons. The Morgan fingerprint density at radius 2 is 1.07 bits per heavy atom. The number of hydrogen-bond donors (Lipinski definition) is 0. The molecule has 0 fully saturated rings. The molecule has 1 heterocycles. The molecule has 5 rings (SSSR count). The third-order valence-electron chi connectivity index (χ3n) is 6.00. The molecule has 3 aromatic rings. The van der Waals surface area contributed by atoms with Gasteiger partial charge in [0.15, 0.2) is 11.5 Å². The molecule has 152 valence electrons. The summed E-state index contributed by atoms with van der Waals surface area (Å²) >= 11 is 0. The van der Waals surface area contributed by atoms with E-state index in [1.807, 2.05) is 0 Å². The summed E-state index contributed by atoms with van der Waals surface area (Å²) in [5, 5.41) is 0. The minimum absolute atomic E-state index is 0.582. The predicted molar refractivity (Wildman–Crippen MR) is 125 cm³/mol. The van der Waals surface area contributed by atoms with E-state index in [2.05, 4.69) is 77.1 Å². The topological polar surface area (TPSA) is 18.5 Å². The Balaban J connectivity index is 1.88. The highest BCUT2D eigenvalue weighted by Gasteiger charge is 2.31. The zero-order chi connectivity index (χ0) is 21.0. The molecule has 2 heteroatoms. The summed E-state index contributed by atoms with van der Waals surface area (Å²) in [6, 6.07) is 13.5. The van der Waals surface area contributed by atoms with E-state index in [0.29, 0.717) is 13.2 Å². The molecule has 3 aromatic carbocycles. The first-order valence-corrected chi connectivity index (χ1v) is 10.7. The lowest BCUT2D eigenvalue weighted by Crippen LogP contribution is -2.18. The summed E-state index contributed by atoms with van der Waals surface area (Å²) in [7, 11) is 0. The van der Waals surface area contributed by atoms with Gasteiger partial charge in [-0.3, -0.25) is 0 Å². The monoisotopic (exact) mass is 396 g/mol. The Hall–Kier alpha value is -3.00. The van der Waals surface area contributed by atoms with Crippen LogP contribution in [0.3, 0.4) is 0 Å². The van der Waals surface area contributed by atoms with Gasteiger partial charge in [-0.25, -0.2) is 0 Å². The van der Waals surface area contributed by atoms with Crippen molar-refractivity contribution >= 4 is 6.08 Å². The quantitative estimate of drug-likeness (QED) is 0.465. The molecule has 2 aliphatic rings. The number of allylic oxidation sites excluding steroid dienone is 1. The van der Waals surface area contributed by atoms with Gasteiger partial charge in [0.25, 0.3) is 0 Å². The number of aryl methyl sites for hydroxylation is 4. The molecule has 2 nitrogen and oxygen atoms in total. The van der Waals surface area contributed by atoms with Gasteiger partial charge in [-0.2, -0.15) is 0 Å². The van der Waals surface area contributed by atoms with Gasteiger partial charge < -0.3 is 9.47 Å². The Morgan fingerprint density at radius 3 is 1.60 bits per heavy atom. The van der Waals surface area contributed by atoms with Crippen LogP contribution in [0, 0.1) is 27.7 Å². The number of ether oxygens (including phenoxy) is 2. The lowest BCUT2D eigenvalue weighted by molar-refractivity contribution is 0.173. The van der Waals surface area contributed by atoms with Crippen molar-refractivity contribution in [3.8, 4) is 33.8 Å². The fourth-order valence-corrected chi connectivity index (χ4v) is 5.08. The van der Waals surface area contributed by atoms with Crippen molar-refractivity contribution in [2.24, 2.45) is 0 Å². The number of benzene rings is 3. The van der Waals surface area contributed by atoms with Crippen molar-refractivity contribution in [1.82, 2.24) is 0 Å². The minimum Gasteiger partial charge on any atom is -0.485 e. The second kappa shape index (κ2) is 7.05. The average molecular weight is 397 g/mol. The predicted octanol–water partition coefficient (Wildman–Crippen LogP) is 6.98. The van der Waals surface area contributed by atoms with Gasteiger partial charge >= 0.3 is 0 Å². The summed E-state index contributed by atoms with van der Waals surface area (Å²) in [4.78, 5) is 0. The number of rotatable bonds is 2. The molecule has 0 atom stereocenters. The van der Waals surface area contributed by atoms with Gasteiger partial charge in [-0.15, -0.1) is 0 Å². The number of fused-ring (bicyclic) bond motifs is 2. The zero-order valence-electron chi connectivity index (χ0n) is 18.5. The summed E-state index contributed by atoms with van der Waals surface area (Å²) in [5.41, 5.74) is 13.9. The van der Waals surface area contributed by atoms with Crippen molar-refractivity contribution in [3.05, 3.63) is 75.4 Å². The van der Waals surface area contributed by atoms with E-state index >= 15 is 0 Å². The van der Waals surface area contributed by atoms with Crippen molar-refractivity contribution < 1.29 is 9.47 Å². The lowest BCUT2D eigenvalue weighted by Gasteiger charge is -2.28. The van der Waals surface area contributed by atoms with Crippen LogP contribution in [0.5, 0.6) is 11.5 Å². The second-order valence-corrected chi connectivity index (χ2v) is 8.92. The first kappa shape index (κ1) is 19.0. The SMILES string of the molecule is CC1=Cc2c(c(-c3cc(C)cc(C)c3)c3c(c2-c2cc(C)cc(C)c2)OCCO3)C1. The molecule has 0 bridgehead atoms. The van der Waals surface area contributed by atoms with E-state index in [4.69, 9.17) is 9.47 Å². The Bertz CT molecular complexity index is 1170. The fourth-order valence-electron chi connectivity index (χ4n) is 5.08. The molecule has 0 saturated heterocycles. The Morgan fingerprint density at radius 1 is 0.600 bits per heavy atom. The van der Waals surface area contributed by atoms with E-state index in [1.54, 1.807) is 0 Å². The molecule has 0 spiro atoms. The average Bonchev–Trinajstić information content (AvgIpc) is 3.04. The third-order valence-corrected chi connectivity index (χ3v) is 6.00. The Kier molecular flexibility index (Phi) is 4.47. The maximum absolute atomic E-state index is 6.32. The van der Waals surface area contributed by atoms with Gasteiger partial charge in [0.05, 0.1) is 0 Å². The molecule has 0 saturated carbocycles. The van der Waals surface area contributed by atoms with Gasteiger partial charge in [0.2, 0.25) is 0 Å². The summed E-state index contributed by atoms with van der Waals surface area (Å²) in [6.07, 6.45) is 3.29. The van der Waals surface area contributed by atoms with Crippen LogP contribution >= 0.6 is 0 Å². The summed E-state index contributed by atoms with van der Waals surface area (Å²) < 4.78 is 12.6. The molecule has 0 unspecified atom stereocenters. The van der Waals surface area contributed by atoms with Crippen LogP contribution in [0.2, 0.25) is 0 Å². The highest BCUT2D eigenvalue weighted by Crippen LogP contribution is 2.53. The first-order chi connectivity index (χ1) is 14.4. The van der Waals surface area contributed by atoms with Crippen LogP contribution in [0.1, 0.15) is 40.3 Å². The normalized spacial score (nSPS) is 14.5. The van der Waals surface area contributed by atoms with E-state index < -0.39 is 0 Å². The van der Waals surface area contributed by atoms with Gasteiger partial charge in [0.1, 0.15) is 13.2 Å². The number of hydrogen-bond acceptors (Lipinski definition) is 2. The van der Waals surface area contributed by atoms with Crippen molar-refractivity contribution in [2.45, 2.75) is 41.0 Å². The van der Waals surface area contributed by atoms with Gasteiger partial charge in [0, 0.05) is 11.1 Å². The summed E-state index contributed by atoms with van der Waals surface area (Å²) in [6.45, 7) is 12.0. The molecule has 0 aromatic heterocycles. The summed E-state index contributed by atoms with van der Waals surface area (Å²) in [5.74, 6) is 1.80. The standard InChI is InChI=1S/C28H28O2/c1-16-8-17(2)11-21(10-16)25-23-14-20(5)15-24(23)26(28-27(25)29-6-7-30-28)22-12-18(3)9-19(4)13-22/h8-14H,6-7,15H2,1-5H3. The Labute approximate surface area is 179 Å². The smallest absolute Gasteiger partial charge is 0.170 e. The van der Waals surface area contributed by atoms with Crippen LogP contribution < -0.4 is 9.47 Å². The molecule has 1 aliphatic heterocycles. The van der Waals surface area contributed by atoms with Crippen molar-refractivity contribution in [2.75, 3.05) is 13.2 Å². The van der Waals surface area contributed by atoms with Crippen LogP contribution in [0.25, 0.3) is 28.3 Å². The van der Waals surface area contributed by atoms with Crippen LogP contribution in [-0.2, 0) is 6.42 Å². The lowest BCUT2D eigenvalue weighted by atomic mass is 9.86. The van der Waals surface area contributed by atoms with Gasteiger partial charge in [-0.05, 0) is 63.3 Å². The molecule has 30 heavy (non-hydrogen) atoms. The van der Waals surface area contributed by atoms with Gasteiger partial charge in [-0.1, -0.05) is 70.3 Å². The van der Waals surface area contributed by atoms with Crippen molar-refractivity contribution in [1.29, 1.82) is 0 Å². The van der Waals surface area contributed by atoms with Crippen LogP contribution in [-0.4, -0.2) is 13.2 Å². The highest BCUT2D eigenvalue weighted by molar-refractivity contribution is 5.95. The molecular formula is C28H28O2. The third kappa shape index (κ3) is 3.11. The minimum atomic E-state index is 0.582. The maximum Gasteiger partial charge on any atom is 0.170 e. The van der Waals surface area contributed by atoms with E-state index in [0.717, 1.165) is 17.9 Å². The first-order valence-electron chi connectivity index (χ1n) is 10.7. The van der Waals surface area contributed by atoms with E-state index in [1.165, 1.54) is 61.2 Å². The van der Waals surface area contributed by atoms with E-state index in [-0.39, 0.29) is 0 Å². The fraction of sp³-hybridized carbons (Fsp3) is 0.286. The molecule has 1 aliphatic carbocycles. The molecular weight excluding hydrogens is 368 g/mol. The van der Waals surface area contributed by atoms with Crippen LogP contribution in [0.4, 0.5) is 0 Å². The molecule has 0 amide bonds. The maximum atomic E-state index is 6.32. The van der Waals surface area contributed by atoms with Crippen molar-refractivity contribution in [3.63, 3.8) is 0 Å².